The van der Waals surface area contributed by atoms with Gasteiger partial charge in [-0.15, -0.1) is 0 Å². The van der Waals surface area contributed by atoms with E-state index in [4.69, 9.17) is 0 Å². The molecule has 160 valence electrons. The van der Waals surface area contributed by atoms with Gasteiger partial charge in [0.25, 0.3) is 0 Å². The predicted molar refractivity (Wildman–Crippen MR) is 126 cm³/mol. The first-order valence-electron chi connectivity index (χ1n) is 9.22. The Kier molecular flexibility index (Phi) is 7.91. The molecule has 0 atom stereocenters. The first-order valence-corrected chi connectivity index (χ1v) is 10.8. The van der Waals surface area contributed by atoms with E-state index in [0.717, 1.165) is 5.57 Å². The third-order valence-corrected chi connectivity index (χ3v) is 5.82. The Bertz CT molecular complexity index is 1010. The van der Waals surface area contributed by atoms with E-state index < -0.39 is 7.25 Å². The molecule has 0 fully saturated rings. The fraction of sp³-hybridized carbons (Fsp3) is 0.227. The van der Waals surface area contributed by atoms with Gasteiger partial charge in [-0.05, 0) is 109 Å². The van der Waals surface area contributed by atoms with Crippen molar-refractivity contribution in [1.29, 1.82) is 0 Å². The lowest BCUT2D eigenvalue weighted by Crippen LogP contribution is -2.02. The topological polar surface area (TPSA) is 21.4 Å². The van der Waals surface area contributed by atoms with E-state index in [1.807, 2.05) is 12.2 Å². The third kappa shape index (κ3) is 6.41. The smallest absolute Gasteiger partial charge is 0.418 e. The maximum Gasteiger partial charge on any atom is 0.673 e. The van der Waals surface area contributed by atoms with E-state index in [2.05, 4.69) is 89.9 Å². The van der Waals surface area contributed by atoms with E-state index in [1.165, 1.54) is 33.4 Å². The van der Waals surface area contributed by atoms with Crippen molar-refractivity contribution in [1.82, 2.24) is 0 Å². The zero-order valence-electron chi connectivity index (χ0n) is 16.9. The van der Waals surface area contributed by atoms with Crippen LogP contribution in [0.25, 0.3) is 17.2 Å². The summed E-state index contributed by atoms with van der Waals surface area (Å²) < 4.78 is 40.4. The van der Waals surface area contributed by atoms with Crippen LogP contribution in [0.4, 0.5) is 17.3 Å². The van der Waals surface area contributed by atoms with Crippen molar-refractivity contribution in [3.8, 4) is 11.1 Å². The molecular formula is C22H21BBr2F4O. The monoisotopic (exact) mass is 546 g/mol. The zero-order valence-corrected chi connectivity index (χ0v) is 20.1. The minimum absolute atomic E-state index is 0.227. The van der Waals surface area contributed by atoms with Crippen molar-refractivity contribution in [3.63, 3.8) is 0 Å². The van der Waals surface area contributed by atoms with Gasteiger partial charge in [-0.25, -0.2) is 0 Å². The fourth-order valence-corrected chi connectivity index (χ4v) is 4.42. The number of fused-ring (bicyclic) bond motifs is 1. The molecule has 1 N–H and O–H groups in total. The molecular weight excluding hydrogens is 527 g/mol. The number of aryl methyl sites for hydroxylation is 2. The molecule has 0 aromatic rings. The molecule has 3 rings (SSSR count). The van der Waals surface area contributed by atoms with Gasteiger partial charge in [0.05, 0.1) is 0 Å². The first kappa shape index (κ1) is 24.6. The Morgan fingerprint density at radius 3 is 1.97 bits per heavy atom. The summed E-state index contributed by atoms with van der Waals surface area (Å²) in [7, 11) is -6.00. The summed E-state index contributed by atoms with van der Waals surface area (Å²) in [6.45, 7) is 8.80. The lowest BCUT2D eigenvalue weighted by molar-refractivity contribution is 0.368. The summed E-state index contributed by atoms with van der Waals surface area (Å²) in [5.74, 6) is 0.727. The predicted octanol–water partition coefficient (Wildman–Crippen LogP) is 8.33. The molecule has 0 radical (unpaired) electrons. The molecule has 30 heavy (non-hydrogen) atoms. The van der Waals surface area contributed by atoms with E-state index in [0.29, 0.717) is 14.9 Å². The van der Waals surface area contributed by atoms with Crippen molar-refractivity contribution in [2.75, 3.05) is 0 Å². The van der Waals surface area contributed by atoms with Crippen LogP contribution in [0.2, 0.25) is 0 Å². The second-order valence-corrected chi connectivity index (χ2v) is 9.07. The standard InChI is InChI=1S/C22H20Br2O.BF4/c1-12(2)16-6-5-13(3)21-17(7-14(4)18(21)11-16)8-15-9-19(23)22(25)20(24)10-15;2-1(3,4)5/h5-12H,1-4H3;/q;-1/p+1. The number of rotatable bonds is 2. The van der Waals surface area contributed by atoms with E-state index in [9.17, 15) is 22.1 Å². The lowest BCUT2D eigenvalue weighted by Gasteiger charge is -2.06. The molecule has 0 amide bonds. The maximum atomic E-state index is 9.92. The average molecular weight is 548 g/mol. The molecule has 0 saturated carbocycles. The zero-order chi connectivity index (χ0) is 22.8. The minimum atomic E-state index is -6.00. The largest absolute Gasteiger partial charge is 0.673 e. The van der Waals surface area contributed by atoms with Gasteiger partial charge >= 0.3 is 13.0 Å². The van der Waals surface area contributed by atoms with Crippen molar-refractivity contribution in [2.24, 2.45) is 0 Å². The van der Waals surface area contributed by atoms with Gasteiger partial charge in [-0.2, -0.15) is 0 Å². The minimum Gasteiger partial charge on any atom is -0.418 e. The molecule has 0 spiro atoms. The summed E-state index contributed by atoms with van der Waals surface area (Å²) in [6.07, 6.45) is 6.05. The van der Waals surface area contributed by atoms with Gasteiger partial charge in [-0.1, -0.05) is 38.1 Å². The van der Waals surface area contributed by atoms with Crippen LogP contribution < -0.4 is 0 Å². The summed E-state index contributed by atoms with van der Waals surface area (Å²) in [4.78, 5) is 9.92. The van der Waals surface area contributed by atoms with Crippen molar-refractivity contribution >= 4 is 51.0 Å². The highest BCUT2D eigenvalue weighted by Gasteiger charge is 2.23. The Hall–Kier alpha value is -1.67. The van der Waals surface area contributed by atoms with E-state index >= 15 is 0 Å². The van der Waals surface area contributed by atoms with Gasteiger partial charge in [0.15, 0.2) is 0 Å². The Morgan fingerprint density at radius 2 is 1.47 bits per heavy atom. The van der Waals surface area contributed by atoms with Crippen LogP contribution in [-0.2, 0) is 0 Å². The third-order valence-electron chi connectivity index (χ3n) is 4.61. The highest BCUT2D eigenvalue weighted by Crippen LogP contribution is 2.38. The van der Waals surface area contributed by atoms with Crippen molar-refractivity contribution in [2.45, 2.75) is 33.6 Å². The normalized spacial score (nSPS) is 14.4. The second-order valence-electron chi connectivity index (χ2n) is 7.36. The Morgan fingerprint density at radius 1 is 0.933 bits per heavy atom. The van der Waals surface area contributed by atoms with E-state index in [-0.39, 0.29) is 5.78 Å². The molecule has 3 aliphatic carbocycles. The Labute approximate surface area is 190 Å². The van der Waals surface area contributed by atoms with E-state index in [1.54, 1.807) is 0 Å². The number of halogens is 6. The molecule has 0 bridgehead atoms. The fourth-order valence-electron chi connectivity index (χ4n) is 3.20. The maximum absolute atomic E-state index is 9.92. The van der Waals surface area contributed by atoms with Crippen LogP contribution in [-0.4, -0.2) is 17.8 Å². The van der Waals surface area contributed by atoms with Crippen LogP contribution in [0.15, 0.2) is 51.0 Å². The molecule has 0 aromatic carbocycles. The summed E-state index contributed by atoms with van der Waals surface area (Å²) in [5.41, 5.74) is 8.78. The van der Waals surface area contributed by atoms with Gasteiger partial charge in [0, 0.05) is 0 Å². The number of ketones is 1. The molecule has 0 saturated heterocycles. The molecule has 0 aromatic heterocycles. The first-order chi connectivity index (χ1) is 13.8. The van der Waals surface area contributed by atoms with Crippen LogP contribution in [0.1, 0.15) is 42.0 Å². The number of hydrogen-bond acceptors (Lipinski definition) is 0. The molecule has 0 unspecified atom stereocenters. The summed E-state index contributed by atoms with van der Waals surface area (Å²) >= 11 is 6.83. The molecule has 8 heteroatoms. The molecule has 0 aliphatic heterocycles. The summed E-state index contributed by atoms with van der Waals surface area (Å²) in [6, 6.07) is 9.02. The van der Waals surface area contributed by atoms with Gasteiger partial charge < -0.3 is 17.3 Å². The van der Waals surface area contributed by atoms with Crippen LogP contribution >= 0.6 is 31.9 Å². The molecule has 0 heterocycles. The highest BCUT2D eigenvalue weighted by molar-refractivity contribution is 9.13. The average Bonchev–Trinajstić information content (AvgIpc) is 2.77. The highest BCUT2D eigenvalue weighted by atomic mass is 79.9. The molecule has 3 aliphatic rings. The van der Waals surface area contributed by atoms with Crippen LogP contribution in [0.5, 0.6) is 0 Å². The quantitative estimate of drug-likeness (QED) is 0.205. The number of hydrogen-bond donors (Lipinski definition) is 0. The molecule has 1 nitrogen and oxygen atoms in total. The number of carbonyl (C=O) groups excluding carboxylic acids is 1. The van der Waals surface area contributed by atoms with Crippen molar-refractivity contribution < 1.29 is 22.1 Å². The van der Waals surface area contributed by atoms with Crippen LogP contribution in [0, 0.1) is 13.8 Å². The lowest BCUT2D eigenvalue weighted by atomic mass is 9.99. The SMILES string of the molecule is Cc1cc(C=C2C=C(Br)C(=[OH+])C(Br)=C2)c2c(C)ccc(C(C)C)cc1-2.F[B-](F)(F)F. The van der Waals surface area contributed by atoms with Gasteiger partial charge in [0.2, 0.25) is 0 Å². The van der Waals surface area contributed by atoms with Gasteiger partial charge in [-0.3, -0.25) is 4.79 Å². The Balaban J connectivity index is 0.000000575. The van der Waals surface area contributed by atoms with Crippen molar-refractivity contribution in [3.05, 3.63) is 73.2 Å². The number of allylic oxidation sites excluding steroid dienone is 5. The van der Waals surface area contributed by atoms with Gasteiger partial charge in [0.1, 0.15) is 8.96 Å². The second kappa shape index (κ2) is 9.64. The van der Waals surface area contributed by atoms with Crippen LogP contribution in [0.3, 0.4) is 0 Å². The summed E-state index contributed by atoms with van der Waals surface area (Å²) in [5, 5.41) is 0.